The maximum absolute atomic E-state index is 13.6. The average molecular weight is 470 g/mol. The van der Waals surface area contributed by atoms with Crippen LogP contribution in [-0.4, -0.2) is 30.1 Å². The standard InChI is InChI=1S/C23H20F6N2O2/c24-22(25,26)17-5-7-31(8-6-17)21(32)14-3-1-13(2-4-14)15-9-16-10-18(12-30)33-20(16)19(11-15)23(27,28)29/h1-4,9-11,17H,5-8,12,30H2. The van der Waals surface area contributed by atoms with E-state index in [9.17, 15) is 31.1 Å². The molecule has 0 saturated carbocycles. The molecule has 10 heteroatoms. The van der Waals surface area contributed by atoms with Gasteiger partial charge in [0.05, 0.1) is 18.0 Å². The third-order valence-electron chi connectivity index (χ3n) is 5.88. The Morgan fingerprint density at radius 3 is 2.15 bits per heavy atom. The van der Waals surface area contributed by atoms with Crippen LogP contribution in [0.5, 0.6) is 0 Å². The van der Waals surface area contributed by atoms with E-state index in [-0.39, 0.29) is 60.3 Å². The maximum Gasteiger partial charge on any atom is 0.420 e. The van der Waals surface area contributed by atoms with E-state index in [1.807, 2.05) is 0 Å². The van der Waals surface area contributed by atoms with Gasteiger partial charge in [0.15, 0.2) is 0 Å². The fourth-order valence-electron chi connectivity index (χ4n) is 4.08. The number of hydrogen-bond acceptors (Lipinski definition) is 3. The number of hydrogen-bond donors (Lipinski definition) is 1. The Bertz CT molecular complexity index is 1160. The Balaban J connectivity index is 1.58. The lowest BCUT2D eigenvalue weighted by Crippen LogP contribution is -2.42. The summed E-state index contributed by atoms with van der Waals surface area (Å²) in [7, 11) is 0. The summed E-state index contributed by atoms with van der Waals surface area (Å²) in [4.78, 5) is 14.0. The maximum atomic E-state index is 13.6. The van der Waals surface area contributed by atoms with Crippen LogP contribution in [0.3, 0.4) is 0 Å². The largest absolute Gasteiger partial charge is 0.459 e. The normalized spacial score (nSPS) is 15.9. The minimum atomic E-state index is -4.64. The van der Waals surface area contributed by atoms with Gasteiger partial charge in [-0.15, -0.1) is 0 Å². The van der Waals surface area contributed by atoms with Gasteiger partial charge in [-0.05, 0) is 54.3 Å². The Kier molecular flexibility index (Phi) is 5.90. The smallest absolute Gasteiger partial charge is 0.420 e. The molecule has 2 N–H and O–H groups in total. The summed E-state index contributed by atoms with van der Waals surface area (Å²) in [5.41, 5.74) is 5.26. The fraction of sp³-hybridized carbons (Fsp3) is 0.348. The highest BCUT2D eigenvalue weighted by molar-refractivity contribution is 5.95. The van der Waals surface area contributed by atoms with Crippen LogP contribution >= 0.6 is 0 Å². The number of likely N-dealkylation sites (tertiary alicyclic amines) is 1. The van der Waals surface area contributed by atoms with Crippen molar-refractivity contribution in [1.29, 1.82) is 0 Å². The molecule has 4 rings (SSSR count). The Labute approximate surface area is 184 Å². The number of furan rings is 1. The van der Waals surface area contributed by atoms with Crippen LogP contribution in [0.1, 0.15) is 34.5 Å². The van der Waals surface area contributed by atoms with Gasteiger partial charge in [-0.25, -0.2) is 0 Å². The summed E-state index contributed by atoms with van der Waals surface area (Å²) in [5.74, 6) is -1.59. The van der Waals surface area contributed by atoms with Crippen molar-refractivity contribution < 1.29 is 35.6 Å². The van der Waals surface area contributed by atoms with E-state index in [1.165, 1.54) is 35.2 Å². The molecule has 0 unspecified atom stereocenters. The summed E-state index contributed by atoms with van der Waals surface area (Å²) in [5, 5.41) is 0.257. The van der Waals surface area contributed by atoms with Gasteiger partial charge in [0, 0.05) is 24.0 Å². The zero-order valence-corrected chi connectivity index (χ0v) is 17.3. The summed E-state index contributed by atoms with van der Waals surface area (Å²) < 4.78 is 84.5. The van der Waals surface area contributed by atoms with Gasteiger partial charge in [-0.3, -0.25) is 4.79 Å². The summed E-state index contributed by atoms with van der Waals surface area (Å²) in [6.45, 7) is -0.0426. The first kappa shape index (κ1) is 23.2. The second kappa shape index (κ2) is 8.40. The molecule has 1 aliphatic heterocycles. The molecule has 1 aliphatic rings. The lowest BCUT2D eigenvalue weighted by atomic mass is 9.95. The van der Waals surface area contributed by atoms with Gasteiger partial charge in [0.25, 0.3) is 5.91 Å². The van der Waals surface area contributed by atoms with Gasteiger partial charge in [0.1, 0.15) is 11.3 Å². The van der Waals surface area contributed by atoms with Crippen molar-refractivity contribution in [1.82, 2.24) is 4.90 Å². The zero-order valence-electron chi connectivity index (χ0n) is 17.3. The van der Waals surface area contributed by atoms with Gasteiger partial charge in [-0.1, -0.05) is 12.1 Å². The SMILES string of the molecule is NCc1cc2cc(-c3ccc(C(=O)N4CCC(C(F)(F)F)CC4)cc3)cc(C(F)(F)F)c2o1. The van der Waals surface area contributed by atoms with Crippen molar-refractivity contribution in [3.63, 3.8) is 0 Å². The van der Waals surface area contributed by atoms with Crippen LogP contribution in [0.15, 0.2) is 46.9 Å². The van der Waals surface area contributed by atoms with Crippen molar-refractivity contribution in [2.45, 2.75) is 31.7 Å². The molecular formula is C23H20F6N2O2. The molecule has 176 valence electrons. The first-order chi connectivity index (χ1) is 15.5. The molecule has 1 aromatic heterocycles. The van der Waals surface area contributed by atoms with Crippen LogP contribution < -0.4 is 5.73 Å². The predicted molar refractivity (Wildman–Crippen MR) is 109 cm³/mol. The monoisotopic (exact) mass is 470 g/mol. The highest BCUT2D eigenvalue weighted by Crippen LogP contribution is 2.39. The van der Waals surface area contributed by atoms with Crippen LogP contribution in [0.25, 0.3) is 22.1 Å². The Morgan fingerprint density at radius 1 is 0.970 bits per heavy atom. The summed E-state index contributed by atoms with van der Waals surface area (Å²) in [6, 6.07) is 9.94. The molecule has 0 aliphatic carbocycles. The van der Waals surface area contributed by atoms with Crippen molar-refractivity contribution in [2.75, 3.05) is 13.1 Å². The van der Waals surface area contributed by atoms with Crippen molar-refractivity contribution in [3.05, 3.63) is 59.4 Å². The van der Waals surface area contributed by atoms with Gasteiger partial charge in [0.2, 0.25) is 0 Å². The average Bonchev–Trinajstić information content (AvgIpc) is 3.20. The molecule has 0 atom stereocenters. The molecular weight excluding hydrogens is 450 g/mol. The quantitative estimate of drug-likeness (QED) is 0.479. The van der Waals surface area contributed by atoms with Crippen LogP contribution in [-0.2, 0) is 12.7 Å². The van der Waals surface area contributed by atoms with E-state index < -0.39 is 29.7 Å². The third kappa shape index (κ3) is 4.71. The molecule has 2 heterocycles. The lowest BCUT2D eigenvalue weighted by molar-refractivity contribution is -0.183. The molecule has 33 heavy (non-hydrogen) atoms. The molecule has 1 saturated heterocycles. The van der Waals surface area contributed by atoms with E-state index in [0.29, 0.717) is 5.56 Å². The minimum absolute atomic E-state index is 0.000334. The number of amides is 1. The van der Waals surface area contributed by atoms with E-state index >= 15 is 0 Å². The number of alkyl halides is 6. The van der Waals surface area contributed by atoms with Crippen molar-refractivity contribution in [3.8, 4) is 11.1 Å². The first-order valence-electron chi connectivity index (χ1n) is 10.3. The van der Waals surface area contributed by atoms with E-state index in [1.54, 1.807) is 6.07 Å². The number of nitrogens with zero attached hydrogens (tertiary/aromatic N) is 1. The molecule has 0 radical (unpaired) electrons. The van der Waals surface area contributed by atoms with E-state index in [0.717, 1.165) is 6.07 Å². The molecule has 1 fully saturated rings. The van der Waals surface area contributed by atoms with Gasteiger partial charge < -0.3 is 15.1 Å². The number of carbonyl (C=O) groups excluding carboxylic acids is 1. The number of fused-ring (bicyclic) bond motifs is 1. The first-order valence-corrected chi connectivity index (χ1v) is 10.3. The summed E-state index contributed by atoms with van der Waals surface area (Å²) in [6.07, 6.45) is -9.21. The van der Waals surface area contributed by atoms with Gasteiger partial charge >= 0.3 is 12.4 Å². The second-order valence-electron chi connectivity index (χ2n) is 8.04. The van der Waals surface area contributed by atoms with Crippen LogP contribution in [0.2, 0.25) is 0 Å². The zero-order chi connectivity index (χ0) is 24.0. The van der Waals surface area contributed by atoms with Gasteiger partial charge in [-0.2, -0.15) is 26.3 Å². The topological polar surface area (TPSA) is 59.5 Å². The molecule has 3 aromatic rings. The highest BCUT2D eigenvalue weighted by Gasteiger charge is 2.41. The number of benzene rings is 2. The number of halogens is 6. The fourth-order valence-corrected chi connectivity index (χ4v) is 4.08. The Hall–Kier alpha value is -3.01. The van der Waals surface area contributed by atoms with E-state index in [4.69, 9.17) is 10.2 Å². The molecule has 4 nitrogen and oxygen atoms in total. The van der Waals surface area contributed by atoms with Crippen molar-refractivity contribution in [2.24, 2.45) is 11.7 Å². The van der Waals surface area contributed by atoms with E-state index in [2.05, 4.69) is 0 Å². The molecule has 1 amide bonds. The Morgan fingerprint density at radius 2 is 1.61 bits per heavy atom. The lowest BCUT2D eigenvalue weighted by Gasteiger charge is -2.33. The molecule has 2 aromatic carbocycles. The minimum Gasteiger partial charge on any atom is -0.459 e. The predicted octanol–water partition coefficient (Wildman–Crippen LogP) is 5.99. The molecule has 0 spiro atoms. The highest BCUT2D eigenvalue weighted by atomic mass is 19.4. The van der Waals surface area contributed by atoms with Crippen LogP contribution in [0, 0.1) is 5.92 Å². The second-order valence-corrected chi connectivity index (χ2v) is 8.04. The third-order valence-corrected chi connectivity index (χ3v) is 5.88. The summed E-state index contributed by atoms with van der Waals surface area (Å²) >= 11 is 0. The number of rotatable bonds is 3. The number of carbonyl (C=O) groups is 1. The number of piperidine rings is 1. The molecule has 0 bridgehead atoms. The van der Waals surface area contributed by atoms with Crippen LogP contribution in [0.4, 0.5) is 26.3 Å². The van der Waals surface area contributed by atoms with Crippen molar-refractivity contribution >= 4 is 16.9 Å². The number of nitrogens with two attached hydrogens (primary N) is 1.